The van der Waals surface area contributed by atoms with E-state index in [0.717, 1.165) is 21.5 Å². The molecule has 1 atom stereocenters. The Morgan fingerprint density at radius 2 is 2.24 bits per heavy atom. The first-order valence-corrected chi connectivity index (χ1v) is 7.82. The summed E-state index contributed by atoms with van der Waals surface area (Å²) in [7, 11) is 0. The minimum Gasteiger partial charge on any atom is -0.480 e. The lowest BCUT2D eigenvalue weighted by molar-refractivity contribution is -0.146. The number of rotatable bonds is 5. The van der Waals surface area contributed by atoms with Gasteiger partial charge in [-0.05, 0) is 17.5 Å². The number of carbonyl (C=O) groups excluding carboxylic acids is 2. The van der Waals surface area contributed by atoms with Crippen LogP contribution in [0.5, 0.6) is 0 Å². The molecule has 0 spiro atoms. The fourth-order valence-electron chi connectivity index (χ4n) is 1.73. The van der Waals surface area contributed by atoms with Crippen molar-refractivity contribution in [2.45, 2.75) is 12.5 Å². The molecule has 1 aliphatic heterocycles. The van der Waals surface area contributed by atoms with Crippen LogP contribution in [0.1, 0.15) is 11.3 Å². The van der Waals surface area contributed by atoms with Crippen LogP contribution >= 0.6 is 35.3 Å². The first kappa shape index (κ1) is 15.7. The average Bonchev–Trinajstić information content (AvgIpc) is 2.97. The highest BCUT2D eigenvalue weighted by molar-refractivity contribution is 8.26. The van der Waals surface area contributed by atoms with E-state index in [1.54, 1.807) is 6.08 Å². The van der Waals surface area contributed by atoms with Crippen LogP contribution in [0, 0.1) is 0 Å². The van der Waals surface area contributed by atoms with Gasteiger partial charge in [0.25, 0.3) is 5.91 Å². The molecule has 1 saturated heterocycles. The van der Waals surface area contributed by atoms with Gasteiger partial charge in [-0.2, -0.15) is 0 Å². The number of carbonyl (C=O) groups is 3. The number of nitrogens with two attached hydrogens (primary N) is 1. The molecule has 1 aromatic rings. The van der Waals surface area contributed by atoms with Gasteiger partial charge < -0.3 is 10.8 Å². The van der Waals surface area contributed by atoms with Crippen molar-refractivity contribution in [3.8, 4) is 0 Å². The quantitative estimate of drug-likeness (QED) is 0.617. The number of carboxylic acid groups (broad SMARTS) is 1. The fraction of sp³-hybridized carbons (Fsp3) is 0.167. The molecule has 21 heavy (non-hydrogen) atoms. The molecule has 110 valence electrons. The van der Waals surface area contributed by atoms with E-state index in [1.807, 2.05) is 17.5 Å². The summed E-state index contributed by atoms with van der Waals surface area (Å²) in [6.07, 6.45) is 1.17. The Hall–Kier alpha value is -1.71. The van der Waals surface area contributed by atoms with E-state index >= 15 is 0 Å². The molecule has 3 N–H and O–H groups in total. The number of thioether (sulfide) groups is 1. The number of thiocarbonyl (C=S) groups is 1. The highest BCUT2D eigenvalue weighted by Gasteiger charge is 2.41. The maximum absolute atomic E-state index is 12.3. The largest absolute Gasteiger partial charge is 0.480 e. The molecule has 1 unspecified atom stereocenters. The number of primary amides is 1. The van der Waals surface area contributed by atoms with Gasteiger partial charge in [-0.25, -0.2) is 4.79 Å². The van der Waals surface area contributed by atoms with Crippen LogP contribution in [0.15, 0.2) is 22.4 Å². The molecule has 1 aliphatic rings. The maximum atomic E-state index is 12.3. The number of amides is 2. The van der Waals surface area contributed by atoms with E-state index in [4.69, 9.17) is 18.0 Å². The second-order valence-electron chi connectivity index (χ2n) is 4.09. The second kappa shape index (κ2) is 6.37. The smallest absolute Gasteiger partial charge is 0.327 e. The van der Waals surface area contributed by atoms with Crippen molar-refractivity contribution in [3.05, 3.63) is 27.3 Å². The minimum absolute atomic E-state index is 0.108. The van der Waals surface area contributed by atoms with Crippen LogP contribution in [0.2, 0.25) is 0 Å². The summed E-state index contributed by atoms with van der Waals surface area (Å²) in [5, 5.41) is 11.0. The van der Waals surface area contributed by atoms with E-state index in [2.05, 4.69) is 0 Å². The molecule has 0 aromatic carbocycles. The van der Waals surface area contributed by atoms with E-state index in [1.165, 1.54) is 11.3 Å². The first-order chi connectivity index (χ1) is 9.90. The summed E-state index contributed by atoms with van der Waals surface area (Å²) in [5.74, 6) is -2.65. The third-order valence-corrected chi connectivity index (χ3v) is 4.78. The van der Waals surface area contributed by atoms with Crippen LogP contribution in [-0.2, 0) is 14.4 Å². The van der Waals surface area contributed by atoms with E-state index in [9.17, 15) is 19.5 Å². The Morgan fingerprint density at radius 3 is 2.76 bits per heavy atom. The Bertz CT molecular complexity index is 639. The van der Waals surface area contributed by atoms with Crippen molar-refractivity contribution in [2.75, 3.05) is 0 Å². The van der Waals surface area contributed by atoms with Crippen LogP contribution in [-0.4, -0.2) is 38.2 Å². The molecule has 0 radical (unpaired) electrons. The molecule has 2 heterocycles. The summed E-state index contributed by atoms with van der Waals surface area (Å²) in [6, 6.07) is 2.30. The predicted octanol–water partition coefficient (Wildman–Crippen LogP) is 1.28. The van der Waals surface area contributed by atoms with Gasteiger partial charge in [-0.3, -0.25) is 14.5 Å². The minimum atomic E-state index is -1.37. The summed E-state index contributed by atoms with van der Waals surface area (Å²) < 4.78 is 0.108. The fourth-order valence-corrected chi connectivity index (χ4v) is 3.81. The first-order valence-electron chi connectivity index (χ1n) is 5.72. The van der Waals surface area contributed by atoms with Gasteiger partial charge in [-0.15, -0.1) is 11.3 Å². The van der Waals surface area contributed by atoms with Gasteiger partial charge in [-0.1, -0.05) is 30.0 Å². The van der Waals surface area contributed by atoms with E-state index < -0.39 is 30.2 Å². The molecule has 1 fully saturated rings. The molecule has 0 bridgehead atoms. The average molecular weight is 342 g/mol. The normalized spacial score (nSPS) is 18.3. The van der Waals surface area contributed by atoms with Crippen molar-refractivity contribution in [1.29, 1.82) is 0 Å². The lowest BCUT2D eigenvalue weighted by Crippen LogP contribution is -2.46. The van der Waals surface area contributed by atoms with Crippen molar-refractivity contribution < 1.29 is 19.5 Å². The topological polar surface area (TPSA) is 101 Å². The summed E-state index contributed by atoms with van der Waals surface area (Å²) >= 11 is 7.51. The number of hydrogen-bond acceptors (Lipinski definition) is 6. The Kier molecular flexibility index (Phi) is 4.76. The van der Waals surface area contributed by atoms with Gasteiger partial charge in [0.2, 0.25) is 5.91 Å². The standard InChI is InChI=1S/C12H10N2O4S3/c13-9(15)5-7(11(17)18)14-10(16)8(21-12(14)19)4-6-2-1-3-20-6/h1-4,7H,5H2,(H2,13,15)(H,17,18)/b8-4+. The molecule has 2 rings (SSSR count). The van der Waals surface area contributed by atoms with Gasteiger partial charge >= 0.3 is 5.97 Å². The number of hydrogen-bond donors (Lipinski definition) is 2. The van der Waals surface area contributed by atoms with Crippen molar-refractivity contribution in [3.63, 3.8) is 0 Å². The predicted molar refractivity (Wildman–Crippen MR) is 84.6 cm³/mol. The van der Waals surface area contributed by atoms with Crippen LogP contribution in [0.25, 0.3) is 6.08 Å². The molecule has 0 aliphatic carbocycles. The van der Waals surface area contributed by atoms with Crippen LogP contribution < -0.4 is 5.73 Å². The van der Waals surface area contributed by atoms with Crippen molar-refractivity contribution in [2.24, 2.45) is 5.73 Å². The highest BCUT2D eigenvalue weighted by Crippen LogP contribution is 2.35. The van der Waals surface area contributed by atoms with E-state index in [0.29, 0.717) is 4.91 Å². The van der Waals surface area contributed by atoms with Crippen molar-refractivity contribution in [1.82, 2.24) is 4.90 Å². The van der Waals surface area contributed by atoms with Crippen LogP contribution in [0.4, 0.5) is 0 Å². The third kappa shape index (κ3) is 3.49. The monoisotopic (exact) mass is 342 g/mol. The van der Waals surface area contributed by atoms with Gasteiger partial charge in [0.05, 0.1) is 11.3 Å². The number of carboxylic acids is 1. The molecule has 6 nitrogen and oxygen atoms in total. The molecule has 9 heteroatoms. The van der Waals surface area contributed by atoms with Gasteiger partial charge in [0, 0.05) is 4.88 Å². The zero-order valence-electron chi connectivity index (χ0n) is 10.5. The lowest BCUT2D eigenvalue weighted by Gasteiger charge is -2.21. The number of thiophene rings is 1. The number of aliphatic carboxylic acids is 1. The van der Waals surface area contributed by atoms with Crippen LogP contribution in [0.3, 0.4) is 0 Å². The molecule has 2 amide bonds. The molecular weight excluding hydrogens is 332 g/mol. The zero-order valence-corrected chi connectivity index (χ0v) is 13.0. The zero-order chi connectivity index (χ0) is 15.6. The third-order valence-electron chi connectivity index (χ3n) is 2.63. The summed E-state index contributed by atoms with van der Waals surface area (Å²) in [6.45, 7) is 0. The van der Waals surface area contributed by atoms with Crippen molar-refractivity contribution >= 4 is 63.5 Å². The Balaban J connectivity index is 2.29. The summed E-state index contributed by atoms with van der Waals surface area (Å²) in [4.78, 5) is 36.7. The summed E-state index contributed by atoms with van der Waals surface area (Å²) in [5.41, 5.74) is 5.03. The molecule has 1 aromatic heterocycles. The van der Waals surface area contributed by atoms with Gasteiger partial charge in [0.15, 0.2) is 0 Å². The SMILES string of the molecule is NC(=O)CC(C(=O)O)N1C(=O)/C(=C\c2cccs2)SC1=S. The number of nitrogens with zero attached hydrogens (tertiary/aromatic N) is 1. The Morgan fingerprint density at radius 1 is 1.52 bits per heavy atom. The maximum Gasteiger partial charge on any atom is 0.327 e. The Labute approximate surface area is 133 Å². The van der Waals surface area contributed by atoms with E-state index in [-0.39, 0.29) is 4.32 Å². The highest BCUT2D eigenvalue weighted by atomic mass is 32.2. The molecule has 0 saturated carbocycles. The molecular formula is C12H10N2O4S3. The second-order valence-corrected chi connectivity index (χ2v) is 6.75. The lowest BCUT2D eigenvalue weighted by atomic mass is 10.1. The van der Waals surface area contributed by atoms with Gasteiger partial charge in [0.1, 0.15) is 10.4 Å².